The van der Waals surface area contributed by atoms with Crippen LogP contribution in [-0.2, 0) is 6.54 Å². The minimum atomic E-state index is 0.276. The van der Waals surface area contributed by atoms with Crippen molar-refractivity contribution < 1.29 is 0 Å². The fraction of sp³-hybridized carbons (Fsp3) is 0.300. The fourth-order valence-corrected chi connectivity index (χ4v) is 1.46. The van der Waals surface area contributed by atoms with Crippen molar-refractivity contribution in [3.63, 3.8) is 0 Å². The largest absolute Gasteiger partial charge is 0.368 e. The Morgan fingerprint density at radius 3 is 2.93 bits per heavy atom. The summed E-state index contributed by atoms with van der Waals surface area (Å²) in [7, 11) is 0. The summed E-state index contributed by atoms with van der Waals surface area (Å²) in [6, 6.07) is 1.81. The third kappa shape index (κ3) is 1.96. The molecule has 0 saturated carbocycles. The topological polar surface area (TPSA) is 69.6 Å². The first-order valence-electron chi connectivity index (χ1n) is 4.91. The third-order valence-corrected chi connectivity index (χ3v) is 2.08. The first-order chi connectivity index (χ1) is 7.31. The zero-order chi connectivity index (χ0) is 10.7. The second kappa shape index (κ2) is 4.08. The van der Waals surface area contributed by atoms with Gasteiger partial charge in [0.2, 0.25) is 5.95 Å². The van der Waals surface area contributed by atoms with Crippen LogP contribution in [-0.4, -0.2) is 19.5 Å². The highest BCUT2D eigenvalue weighted by atomic mass is 15.1. The second-order valence-corrected chi connectivity index (χ2v) is 3.24. The average molecular weight is 203 g/mol. The Bertz CT molecular complexity index is 449. The molecule has 0 fully saturated rings. The molecule has 0 radical (unpaired) electrons. The van der Waals surface area contributed by atoms with Crippen molar-refractivity contribution in [1.82, 2.24) is 19.5 Å². The number of aryl methyl sites for hydroxylation is 1. The van der Waals surface area contributed by atoms with E-state index in [1.165, 1.54) is 0 Å². The highest BCUT2D eigenvalue weighted by Crippen LogP contribution is 2.14. The van der Waals surface area contributed by atoms with Crippen LogP contribution in [0.3, 0.4) is 0 Å². The summed E-state index contributed by atoms with van der Waals surface area (Å²) in [5.74, 6) is 1.12. The predicted octanol–water partition coefficient (Wildman–Crippen LogP) is 1.33. The maximum atomic E-state index is 5.53. The van der Waals surface area contributed by atoms with Gasteiger partial charge < -0.3 is 10.3 Å². The molecule has 0 bridgehead atoms. The summed E-state index contributed by atoms with van der Waals surface area (Å²) in [6.07, 6.45) is 6.41. The van der Waals surface area contributed by atoms with Crippen molar-refractivity contribution in [2.75, 3.05) is 5.73 Å². The van der Waals surface area contributed by atoms with Crippen LogP contribution in [0, 0.1) is 0 Å². The number of anilines is 1. The maximum Gasteiger partial charge on any atom is 0.220 e. The van der Waals surface area contributed by atoms with E-state index in [1.54, 1.807) is 12.4 Å². The number of rotatable bonds is 3. The van der Waals surface area contributed by atoms with E-state index >= 15 is 0 Å². The molecule has 0 aliphatic carbocycles. The molecule has 0 spiro atoms. The first kappa shape index (κ1) is 9.64. The first-order valence-corrected chi connectivity index (χ1v) is 4.91. The average Bonchev–Trinajstić information content (AvgIpc) is 2.66. The highest BCUT2D eigenvalue weighted by molar-refractivity contribution is 5.50. The van der Waals surface area contributed by atoms with E-state index in [1.807, 2.05) is 12.3 Å². The number of hydrogen-bond acceptors (Lipinski definition) is 4. The standard InChI is InChI=1S/C10H13N5/c1-2-6-15-7-5-12-9(15)8-3-4-13-10(11)14-8/h3-5,7H,2,6H2,1H3,(H2,11,13,14). The number of nitrogen functional groups attached to an aromatic ring is 1. The molecule has 5 heteroatoms. The molecule has 0 aliphatic rings. The Morgan fingerprint density at radius 1 is 1.33 bits per heavy atom. The van der Waals surface area contributed by atoms with E-state index in [2.05, 4.69) is 26.4 Å². The van der Waals surface area contributed by atoms with Crippen LogP contribution in [0.4, 0.5) is 5.95 Å². The van der Waals surface area contributed by atoms with Crippen LogP contribution in [0.15, 0.2) is 24.7 Å². The molecular formula is C10H13N5. The van der Waals surface area contributed by atoms with Gasteiger partial charge in [-0.25, -0.2) is 15.0 Å². The zero-order valence-electron chi connectivity index (χ0n) is 8.59. The lowest BCUT2D eigenvalue weighted by molar-refractivity contribution is 0.684. The van der Waals surface area contributed by atoms with Crippen molar-refractivity contribution in [1.29, 1.82) is 0 Å². The normalized spacial score (nSPS) is 10.5. The third-order valence-electron chi connectivity index (χ3n) is 2.08. The SMILES string of the molecule is CCCn1ccnc1-c1ccnc(N)n1. The number of imidazole rings is 1. The van der Waals surface area contributed by atoms with Crippen LogP contribution in [0.1, 0.15) is 13.3 Å². The maximum absolute atomic E-state index is 5.53. The molecule has 2 rings (SSSR count). The fourth-order valence-electron chi connectivity index (χ4n) is 1.46. The number of nitrogens with zero attached hydrogens (tertiary/aromatic N) is 4. The van der Waals surface area contributed by atoms with Gasteiger partial charge in [-0.1, -0.05) is 6.92 Å². The Balaban J connectivity index is 2.40. The summed E-state index contributed by atoms with van der Waals surface area (Å²) >= 11 is 0. The molecular weight excluding hydrogens is 190 g/mol. The number of aromatic nitrogens is 4. The molecule has 0 saturated heterocycles. The van der Waals surface area contributed by atoms with Crippen molar-refractivity contribution >= 4 is 5.95 Å². The van der Waals surface area contributed by atoms with Gasteiger partial charge in [-0.05, 0) is 12.5 Å². The van der Waals surface area contributed by atoms with Gasteiger partial charge in [0.05, 0.1) is 0 Å². The summed E-state index contributed by atoms with van der Waals surface area (Å²) in [5, 5.41) is 0. The number of nitrogens with two attached hydrogens (primary N) is 1. The van der Waals surface area contributed by atoms with Gasteiger partial charge in [-0.15, -0.1) is 0 Å². The molecule has 2 heterocycles. The van der Waals surface area contributed by atoms with Crippen LogP contribution in [0.2, 0.25) is 0 Å². The summed E-state index contributed by atoms with van der Waals surface area (Å²) in [4.78, 5) is 12.3. The van der Waals surface area contributed by atoms with Crippen molar-refractivity contribution in [2.24, 2.45) is 0 Å². The molecule has 2 N–H and O–H groups in total. The van der Waals surface area contributed by atoms with Gasteiger partial charge in [0.15, 0.2) is 5.82 Å². The van der Waals surface area contributed by atoms with Crippen LogP contribution in [0.25, 0.3) is 11.5 Å². The van der Waals surface area contributed by atoms with Crippen LogP contribution >= 0.6 is 0 Å². The Labute approximate surface area is 88.0 Å². The Hall–Kier alpha value is -1.91. The van der Waals surface area contributed by atoms with Crippen molar-refractivity contribution in [3.8, 4) is 11.5 Å². The minimum Gasteiger partial charge on any atom is -0.368 e. The molecule has 5 nitrogen and oxygen atoms in total. The van der Waals surface area contributed by atoms with Gasteiger partial charge >= 0.3 is 0 Å². The van der Waals surface area contributed by atoms with Crippen molar-refractivity contribution in [2.45, 2.75) is 19.9 Å². The molecule has 0 atom stereocenters. The molecule has 0 amide bonds. The lowest BCUT2D eigenvalue weighted by Gasteiger charge is -2.05. The highest BCUT2D eigenvalue weighted by Gasteiger charge is 2.06. The molecule has 0 unspecified atom stereocenters. The van der Waals surface area contributed by atoms with E-state index in [4.69, 9.17) is 5.73 Å². The monoisotopic (exact) mass is 203 g/mol. The van der Waals surface area contributed by atoms with Crippen LogP contribution in [0.5, 0.6) is 0 Å². The summed E-state index contributed by atoms with van der Waals surface area (Å²) < 4.78 is 2.06. The van der Waals surface area contributed by atoms with Gasteiger partial charge in [-0.2, -0.15) is 0 Å². The van der Waals surface area contributed by atoms with E-state index in [0.717, 1.165) is 24.5 Å². The van der Waals surface area contributed by atoms with Gasteiger partial charge in [0.1, 0.15) is 5.69 Å². The lowest BCUT2D eigenvalue weighted by Crippen LogP contribution is -2.02. The Morgan fingerprint density at radius 2 is 2.20 bits per heavy atom. The molecule has 0 aromatic carbocycles. The molecule has 2 aromatic heterocycles. The second-order valence-electron chi connectivity index (χ2n) is 3.24. The lowest BCUT2D eigenvalue weighted by atomic mass is 10.3. The van der Waals surface area contributed by atoms with E-state index in [0.29, 0.717) is 0 Å². The summed E-state index contributed by atoms with van der Waals surface area (Å²) in [5.41, 5.74) is 6.29. The van der Waals surface area contributed by atoms with Crippen LogP contribution < -0.4 is 5.73 Å². The molecule has 0 aliphatic heterocycles. The smallest absolute Gasteiger partial charge is 0.220 e. The number of hydrogen-bond donors (Lipinski definition) is 1. The van der Waals surface area contributed by atoms with Gasteiger partial charge in [0, 0.05) is 25.1 Å². The van der Waals surface area contributed by atoms with E-state index in [-0.39, 0.29) is 5.95 Å². The van der Waals surface area contributed by atoms with Gasteiger partial charge in [0.25, 0.3) is 0 Å². The van der Waals surface area contributed by atoms with E-state index < -0.39 is 0 Å². The summed E-state index contributed by atoms with van der Waals surface area (Å²) in [6.45, 7) is 3.05. The molecule has 78 valence electrons. The minimum absolute atomic E-state index is 0.276. The van der Waals surface area contributed by atoms with Crippen molar-refractivity contribution in [3.05, 3.63) is 24.7 Å². The quantitative estimate of drug-likeness (QED) is 0.817. The molecule has 15 heavy (non-hydrogen) atoms. The zero-order valence-corrected chi connectivity index (χ0v) is 8.59. The van der Waals surface area contributed by atoms with E-state index in [9.17, 15) is 0 Å². The van der Waals surface area contributed by atoms with Gasteiger partial charge in [-0.3, -0.25) is 0 Å². The predicted molar refractivity (Wildman–Crippen MR) is 58.0 cm³/mol. The Kier molecular flexibility index (Phi) is 2.62. The molecule has 2 aromatic rings.